The molecular formula is C41H44ClN9O6S. The monoisotopic (exact) mass is 825 g/mol. The van der Waals surface area contributed by atoms with Crippen LogP contribution >= 0.6 is 22.9 Å². The van der Waals surface area contributed by atoms with Crippen LogP contribution in [0.4, 0.5) is 10.8 Å². The molecule has 1 aromatic heterocycles. The van der Waals surface area contributed by atoms with Crippen LogP contribution in [0.3, 0.4) is 0 Å². The zero-order valence-corrected chi connectivity index (χ0v) is 33.6. The van der Waals surface area contributed by atoms with Crippen molar-refractivity contribution in [2.45, 2.75) is 88.4 Å². The van der Waals surface area contributed by atoms with Gasteiger partial charge in [-0.15, -0.1) is 10.2 Å². The third-order valence-corrected chi connectivity index (χ3v) is 14.5. The predicted octanol–water partition coefficient (Wildman–Crippen LogP) is 4.24. The molecule has 1 aliphatic carbocycles. The number of anilines is 2. The highest BCUT2D eigenvalue weighted by atomic mass is 35.5. The van der Waals surface area contributed by atoms with Crippen molar-refractivity contribution in [2.75, 3.05) is 49.1 Å². The highest BCUT2D eigenvalue weighted by molar-refractivity contribution is 7.17. The number of piperidine rings is 3. The highest BCUT2D eigenvalue weighted by Crippen LogP contribution is 2.44. The fraction of sp³-hybridized carbons (Fsp3) is 0.512. The van der Waals surface area contributed by atoms with Gasteiger partial charge in [-0.2, -0.15) is 5.26 Å². The molecular weight excluding hydrogens is 782 g/mol. The molecule has 1 unspecified atom stereocenters. The summed E-state index contributed by atoms with van der Waals surface area (Å²) < 4.78 is 6.11. The summed E-state index contributed by atoms with van der Waals surface area (Å²) in [5.41, 5.74) is 7.47. The second-order valence-corrected chi connectivity index (χ2v) is 17.9. The molecule has 2 aromatic carbocycles. The van der Waals surface area contributed by atoms with Crippen LogP contribution in [0.5, 0.6) is 5.75 Å². The first kappa shape index (κ1) is 38.4. The number of imide groups is 2. The molecule has 6 heterocycles. The number of ether oxygens (including phenoxy) is 1. The van der Waals surface area contributed by atoms with Crippen LogP contribution in [0.2, 0.25) is 5.02 Å². The smallest absolute Gasteiger partial charge is 0.279 e. The minimum absolute atomic E-state index is 0.0735. The number of primary amides is 1. The molecule has 9 rings (SSSR count). The number of rotatable bonds is 8. The van der Waals surface area contributed by atoms with Gasteiger partial charge in [-0.25, -0.2) is 0 Å². The van der Waals surface area contributed by atoms with E-state index in [9.17, 15) is 24.0 Å². The van der Waals surface area contributed by atoms with Gasteiger partial charge in [-0.05, 0) is 101 Å². The second kappa shape index (κ2) is 15.2. The number of fused-ring (bicyclic) bond motifs is 1. The Morgan fingerprint density at radius 3 is 2.24 bits per heavy atom. The summed E-state index contributed by atoms with van der Waals surface area (Å²) in [6.45, 7) is 5.59. The van der Waals surface area contributed by atoms with Crippen molar-refractivity contribution in [2.24, 2.45) is 11.1 Å². The van der Waals surface area contributed by atoms with Crippen molar-refractivity contribution in [1.82, 2.24) is 24.9 Å². The van der Waals surface area contributed by atoms with Crippen LogP contribution < -0.4 is 20.3 Å². The number of nitriles is 1. The van der Waals surface area contributed by atoms with E-state index < -0.39 is 29.7 Å². The number of likely N-dealkylation sites (tertiary alicyclic amines) is 2. The fourth-order valence-electron chi connectivity index (χ4n) is 9.92. The number of carbonyl (C=O) groups excluding carboxylic acids is 5. The Kier molecular flexibility index (Phi) is 10.1. The lowest BCUT2D eigenvalue weighted by atomic mass is 9.72. The number of nitrogens with two attached hydrogens (primary N) is 1. The van der Waals surface area contributed by atoms with Gasteiger partial charge in [0.1, 0.15) is 17.9 Å². The van der Waals surface area contributed by atoms with Gasteiger partial charge in [0.2, 0.25) is 16.0 Å². The molecule has 6 aliphatic rings. The van der Waals surface area contributed by atoms with Gasteiger partial charge in [0, 0.05) is 61.9 Å². The van der Waals surface area contributed by atoms with Crippen LogP contribution in [0.15, 0.2) is 36.4 Å². The molecule has 302 valence electrons. The van der Waals surface area contributed by atoms with E-state index in [-0.39, 0.29) is 46.9 Å². The third-order valence-electron chi connectivity index (χ3n) is 13.2. The first-order chi connectivity index (χ1) is 28.0. The van der Waals surface area contributed by atoms with E-state index in [2.05, 4.69) is 24.9 Å². The van der Waals surface area contributed by atoms with Gasteiger partial charge >= 0.3 is 0 Å². The summed E-state index contributed by atoms with van der Waals surface area (Å²) >= 11 is 7.43. The Labute approximate surface area is 344 Å². The molecule has 5 fully saturated rings. The number of benzene rings is 2. The number of aromatic nitrogens is 2. The van der Waals surface area contributed by atoms with Crippen molar-refractivity contribution < 1.29 is 28.7 Å². The number of nitrogens with zero attached hydrogens (tertiary/aromatic N) is 8. The first-order valence-corrected chi connectivity index (χ1v) is 21.3. The summed E-state index contributed by atoms with van der Waals surface area (Å²) in [6.07, 6.45) is 6.53. The van der Waals surface area contributed by atoms with Crippen LogP contribution in [0, 0.1) is 16.7 Å². The van der Waals surface area contributed by atoms with E-state index in [1.165, 1.54) is 16.2 Å². The average molecular weight is 826 g/mol. The largest absolute Gasteiger partial charge is 0.490 e. The Bertz CT molecular complexity index is 2210. The highest BCUT2D eigenvalue weighted by Gasteiger charge is 2.50. The number of hydrogen-bond donors (Lipinski definition) is 1. The Balaban J connectivity index is 0.776. The maximum Gasteiger partial charge on any atom is 0.279 e. The summed E-state index contributed by atoms with van der Waals surface area (Å²) in [5, 5.41) is 18.5. The summed E-state index contributed by atoms with van der Waals surface area (Å²) in [6, 6.07) is 11.5. The lowest BCUT2D eigenvalue weighted by molar-refractivity contribution is -0.155. The van der Waals surface area contributed by atoms with E-state index in [1.54, 1.807) is 30.3 Å². The Morgan fingerprint density at radius 2 is 1.57 bits per heavy atom. The van der Waals surface area contributed by atoms with Crippen molar-refractivity contribution in [3.05, 3.63) is 63.1 Å². The van der Waals surface area contributed by atoms with Gasteiger partial charge in [-0.3, -0.25) is 33.8 Å². The lowest BCUT2D eigenvalue weighted by Crippen LogP contribution is -2.61. The van der Waals surface area contributed by atoms with Gasteiger partial charge in [0.25, 0.3) is 23.6 Å². The topological polar surface area (TPSA) is 186 Å². The molecule has 5 amide bonds. The number of carbonyl (C=O) groups is 5. The van der Waals surface area contributed by atoms with Gasteiger partial charge < -0.3 is 25.2 Å². The number of hydrogen-bond acceptors (Lipinski definition) is 13. The molecule has 0 bridgehead atoms. The Morgan fingerprint density at radius 1 is 0.845 bits per heavy atom. The molecule has 4 saturated heterocycles. The quantitative estimate of drug-likeness (QED) is 0.319. The summed E-state index contributed by atoms with van der Waals surface area (Å²) in [5.74, 6) is -1.75. The molecule has 2 N–H and O–H groups in total. The summed E-state index contributed by atoms with van der Waals surface area (Å²) in [4.78, 5) is 75.8. The zero-order valence-electron chi connectivity index (χ0n) is 32.0. The molecule has 5 aliphatic heterocycles. The van der Waals surface area contributed by atoms with E-state index >= 15 is 0 Å². The number of amides is 5. The van der Waals surface area contributed by atoms with E-state index in [0.717, 1.165) is 80.7 Å². The van der Waals surface area contributed by atoms with Crippen molar-refractivity contribution in [3.63, 3.8) is 0 Å². The average Bonchev–Trinajstić information content (AvgIpc) is 3.81. The van der Waals surface area contributed by atoms with Crippen LogP contribution in [0.25, 0.3) is 0 Å². The van der Waals surface area contributed by atoms with Crippen molar-refractivity contribution >= 4 is 63.3 Å². The molecule has 1 saturated carbocycles. The van der Waals surface area contributed by atoms with Gasteiger partial charge in [0.05, 0.1) is 27.8 Å². The Hall–Kier alpha value is -5.11. The van der Waals surface area contributed by atoms with Crippen LogP contribution in [0.1, 0.15) is 100 Å². The first-order valence-electron chi connectivity index (χ1n) is 20.1. The zero-order chi connectivity index (χ0) is 40.3. The second-order valence-electron chi connectivity index (χ2n) is 16.5. The molecule has 58 heavy (non-hydrogen) atoms. The van der Waals surface area contributed by atoms with Crippen molar-refractivity contribution in [3.8, 4) is 11.8 Å². The van der Waals surface area contributed by atoms with E-state index in [1.807, 2.05) is 12.1 Å². The minimum Gasteiger partial charge on any atom is -0.490 e. The third kappa shape index (κ3) is 6.96. The van der Waals surface area contributed by atoms with E-state index in [0.29, 0.717) is 53.6 Å². The van der Waals surface area contributed by atoms with Crippen LogP contribution in [-0.2, 0) is 9.59 Å². The molecule has 1 spiro atoms. The number of halogens is 1. The molecule has 3 aromatic rings. The minimum atomic E-state index is -1.04. The lowest BCUT2D eigenvalue weighted by Gasteiger charge is -2.55. The predicted molar refractivity (Wildman–Crippen MR) is 214 cm³/mol. The molecule has 15 nitrogen and oxygen atoms in total. The van der Waals surface area contributed by atoms with Gasteiger partial charge in [-0.1, -0.05) is 22.9 Å². The fourth-order valence-corrected chi connectivity index (χ4v) is 10.8. The maximum atomic E-state index is 14.0. The maximum absolute atomic E-state index is 14.0. The van der Waals surface area contributed by atoms with Gasteiger partial charge in [0.15, 0.2) is 0 Å². The molecule has 17 heteroatoms. The standard InChI is InChI=1S/C41H44ClN9O6S/c42-32-20-29(5-1-24(32)21-43)57-28-6-2-26(3-7-28)50-34(52)10-9-33(39(50)56)51-37(54)30-8-4-27(19-31(30)38(51)55)47-15-11-25(12-16-47)48-17-13-41(14-18-48)22-49(23-41)40-46-45-36(58-40)35(44)53/h1,4-5,8,19-20,25-26,28,33H,2-3,6-7,9-18,22-23H2,(H2,44,53). The van der Waals surface area contributed by atoms with Crippen LogP contribution in [-0.4, -0.2) is 118 Å². The van der Waals surface area contributed by atoms with E-state index in [4.69, 9.17) is 27.3 Å². The SMILES string of the molecule is N#Cc1ccc(OC2CCC(N3C(=O)CCC(N4C(=O)c5ccc(N6CCC(N7CCC8(CC7)CN(c7nnc(C(N)=O)s7)C8)CC6)cc5C4=O)C3=O)CC2)cc1Cl. The molecule has 1 atom stereocenters. The normalized spacial score (nSPS) is 25.2. The molecule has 0 radical (unpaired) electrons. The summed E-state index contributed by atoms with van der Waals surface area (Å²) in [7, 11) is 0. The van der Waals surface area contributed by atoms with Crippen molar-refractivity contribution in [1.29, 1.82) is 5.26 Å².